The van der Waals surface area contributed by atoms with E-state index >= 15 is 0 Å². The Labute approximate surface area is 109 Å². The summed E-state index contributed by atoms with van der Waals surface area (Å²) >= 11 is 3.27. The SMILES string of the molecule is Cc1ccc(OCC(=O)OC(C)(C)C)c(Br)n1. The van der Waals surface area contributed by atoms with Crippen LogP contribution in [0.4, 0.5) is 0 Å². The van der Waals surface area contributed by atoms with Gasteiger partial charge < -0.3 is 9.47 Å². The van der Waals surface area contributed by atoms with Crippen molar-refractivity contribution in [1.82, 2.24) is 4.98 Å². The zero-order valence-corrected chi connectivity index (χ0v) is 12.0. The smallest absolute Gasteiger partial charge is 0.344 e. The van der Waals surface area contributed by atoms with Crippen molar-refractivity contribution < 1.29 is 14.3 Å². The van der Waals surface area contributed by atoms with Crippen molar-refractivity contribution in [2.75, 3.05) is 6.61 Å². The van der Waals surface area contributed by atoms with Gasteiger partial charge in [0.25, 0.3) is 0 Å². The average Bonchev–Trinajstić information content (AvgIpc) is 2.13. The number of esters is 1. The molecule has 0 saturated heterocycles. The monoisotopic (exact) mass is 301 g/mol. The Morgan fingerprint density at radius 2 is 2.06 bits per heavy atom. The lowest BCUT2D eigenvalue weighted by atomic mass is 10.2. The van der Waals surface area contributed by atoms with Gasteiger partial charge in [-0.25, -0.2) is 9.78 Å². The van der Waals surface area contributed by atoms with Gasteiger partial charge in [0.05, 0.1) is 0 Å². The topological polar surface area (TPSA) is 48.4 Å². The summed E-state index contributed by atoms with van der Waals surface area (Å²) in [6.45, 7) is 7.19. The van der Waals surface area contributed by atoms with Crippen LogP contribution in [0, 0.1) is 6.92 Å². The van der Waals surface area contributed by atoms with Gasteiger partial charge in [-0.05, 0) is 55.8 Å². The summed E-state index contributed by atoms with van der Waals surface area (Å²) in [5.74, 6) is 0.131. The van der Waals surface area contributed by atoms with E-state index in [1.165, 1.54) is 0 Å². The fourth-order valence-electron chi connectivity index (χ4n) is 1.13. The summed E-state index contributed by atoms with van der Waals surface area (Å²) in [5, 5.41) is 0. The first-order valence-corrected chi connectivity index (χ1v) is 6.05. The van der Waals surface area contributed by atoms with Crippen LogP contribution in [0.5, 0.6) is 5.75 Å². The number of pyridine rings is 1. The molecule has 0 unspecified atom stereocenters. The molecule has 0 aromatic carbocycles. The summed E-state index contributed by atoms with van der Waals surface area (Å²) in [7, 11) is 0. The maximum Gasteiger partial charge on any atom is 0.344 e. The molecule has 0 atom stereocenters. The number of halogens is 1. The largest absolute Gasteiger partial charge is 0.479 e. The van der Waals surface area contributed by atoms with Crippen molar-refractivity contribution in [3.63, 3.8) is 0 Å². The Morgan fingerprint density at radius 3 is 2.59 bits per heavy atom. The fourth-order valence-corrected chi connectivity index (χ4v) is 1.65. The molecule has 0 radical (unpaired) electrons. The van der Waals surface area contributed by atoms with Crippen molar-refractivity contribution in [2.24, 2.45) is 0 Å². The van der Waals surface area contributed by atoms with Crippen LogP contribution in [-0.2, 0) is 9.53 Å². The van der Waals surface area contributed by atoms with Gasteiger partial charge in [-0.3, -0.25) is 0 Å². The molecule has 94 valence electrons. The molecular formula is C12H16BrNO3. The third kappa shape index (κ3) is 5.17. The van der Waals surface area contributed by atoms with Crippen LogP contribution >= 0.6 is 15.9 Å². The molecule has 0 aliphatic carbocycles. The van der Waals surface area contributed by atoms with E-state index in [0.29, 0.717) is 10.4 Å². The van der Waals surface area contributed by atoms with E-state index in [2.05, 4.69) is 20.9 Å². The van der Waals surface area contributed by atoms with E-state index in [-0.39, 0.29) is 6.61 Å². The van der Waals surface area contributed by atoms with Gasteiger partial charge >= 0.3 is 5.97 Å². The zero-order chi connectivity index (χ0) is 13.1. The van der Waals surface area contributed by atoms with Crippen LogP contribution in [-0.4, -0.2) is 23.2 Å². The summed E-state index contributed by atoms with van der Waals surface area (Å²) < 4.78 is 11.0. The van der Waals surface area contributed by atoms with E-state index in [0.717, 1.165) is 5.69 Å². The van der Waals surface area contributed by atoms with Crippen LogP contribution in [0.2, 0.25) is 0 Å². The molecule has 5 heteroatoms. The molecule has 0 aliphatic heterocycles. The van der Waals surface area contributed by atoms with Crippen LogP contribution in [0.25, 0.3) is 0 Å². The molecule has 1 rings (SSSR count). The van der Waals surface area contributed by atoms with Crippen molar-refractivity contribution in [3.8, 4) is 5.75 Å². The molecule has 0 fully saturated rings. The third-order valence-electron chi connectivity index (χ3n) is 1.72. The van der Waals surface area contributed by atoms with Gasteiger partial charge in [0, 0.05) is 5.69 Å². The van der Waals surface area contributed by atoms with Crippen LogP contribution < -0.4 is 4.74 Å². The fraction of sp³-hybridized carbons (Fsp3) is 0.500. The van der Waals surface area contributed by atoms with E-state index in [1.807, 2.05) is 33.8 Å². The quantitative estimate of drug-likeness (QED) is 0.636. The van der Waals surface area contributed by atoms with Crippen LogP contribution in [0.1, 0.15) is 26.5 Å². The number of ether oxygens (including phenoxy) is 2. The highest BCUT2D eigenvalue weighted by molar-refractivity contribution is 9.10. The maximum atomic E-state index is 11.4. The number of carbonyl (C=O) groups is 1. The molecular weight excluding hydrogens is 286 g/mol. The number of aryl methyl sites for hydroxylation is 1. The molecule has 0 aliphatic rings. The zero-order valence-electron chi connectivity index (χ0n) is 10.4. The van der Waals surface area contributed by atoms with Crippen molar-refractivity contribution in [3.05, 3.63) is 22.4 Å². The van der Waals surface area contributed by atoms with E-state index in [4.69, 9.17) is 9.47 Å². The Kier molecular flexibility index (Phi) is 4.51. The predicted octanol–water partition coefficient (Wildman–Crippen LogP) is 2.87. The van der Waals surface area contributed by atoms with Crippen LogP contribution in [0.3, 0.4) is 0 Å². The van der Waals surface area contributed by atoms with Gasteiger partial charge in [-0.1, -0.05) is 0 Å². The Hall–Kier alpha value is -1.10. The Morgan fingerprint density at radius 1 is 1.41 bits per heavy atom. The van der Waals surface area contributed by atoms with Crippen molar-refractivity contribution in [1.29, 1.82) is 0 Å². The molecule has 17 heavy (non-hydrogen) atoms. The minimum absolute atomic E-state index is 0.124. The number of rotatable bonds is 3. The standard InChI is InChI=1S/C12H16BrNO3/c1-8-5-6-9(11(13)14-8)16-7-10(15)17-12(2,3)4/h5-6H,7H2,1-4H3. The minimum atomic E-state index is -0.497. The van der Waals surface area contributed by atoms with Crippen molar-refractivity contribution in [2.45, 2.75) is 33.3 Å². The van der Waals surface area contributed by atoms with Gasteiger partial charge in [0.15, 0.2) is 12.4 Å². The van der Waals surface area contributed by atoms with Gasteiger partial charge in [-0.2, -0.15) is 0 Å². The molecule has 4 nitrogen and oxygen atoms in total. The third-order valence-corrected chi connectivity index (χ3v) is 2.29. The lowest BCUT2D eigenvalue weighted by molar-refractivity contribution is -0.157. The lowest BCUT2D eigenvalue weighted by Crippen LogP contribution is -2.27. The normalized spacial score (nSPS) is 11.1. The molecule has 1 aromatic rings. The summed E-state index contributed by atoms with van der Waals surface area (Å²) in [4.78, 5) is 15.6. The lowest BCUT2D eigenvalue weighted by Gasteiger charge is -2.19. The molecule has 0 saturated carbocycles. The van der Waals surface area contributed by atoms with Gasteiger partial charge in [-0.15, -0.1) is 0 Å². The summed E-state index contributed by atoms with van der Waals surface area (Å²) in [5.41, 5.74) is 0.380. The first kappa shape index (κ1) is 14.0. The Balaban J connectivity index is 2.53. The minimum Gasteiger partial charge on any atom is -0.479 e. The predicted molar refractivity (Wildman–Crippen MR) is 68.0 cm³/mol. The average molecular weight is 302 g/mol. The molecule has 0 amide bonds. The molecule has 1 heterocycles. The summed E-state index contributed by atoms with van der Waals surface area (Å²) in [6, 6.07) is 3.58. The first-order chi connectivity index (χ1) is 7.78. The van der Waals surface area contributed by atoms with Gasteiger partial charge in [0.1, 0.15) is 10.2 Å². The molecule has 1 aromatic heterocycles. The maximum absolute atomic E-state index is 11.4. The second-order valence-corrected chi connectivity index (χ2v) is 5.37. The van der Waals surface area contributed by atoms with E-state index in [9.17, 15) is 4.79 Å². The first-order valence-electron chi connectivity index (χ1n) is 5.26. The Bertz CT molecular complexity index is 413. The molecule has 0 N–H and O–H groups in total. The van der Waals surface area contributed by atoms with Crippen LogP contribution in [0.15, 0.2) is 16.7 Å². The second-order valence-electron chi connectivity index (χ2n) is 4.62. The van der Waals surface area contributed by atoms with Gasteiger partial charge in [0.2, 0.25) is 0 Å². The van der Waals surface area contributed by atoms with E-state index in [1.54, 1.807) is 6.07 Å². The second kappa shape index (κ2) is 5.49. The highest BCUT2D eigenvalue weighted by atomic mass is 79.9. The number of hydrogen-bond acceptors (Lipinski definition) is 4. The number of hydrogen-bond donors (Lipinski definition) is 0. The number of carbonyl (C=O) groups excluding carboxylic acids is 1. The highest BCUT2D eigenvalue weighted by Gasteiger charge is 2.17. The molecule has 0 spiro atoms. The number of nitrogens with zero attached hydrogens (tertiary/aromatic N) is 1. The molecule has 0 bridgehead atoms. The summed E-state index contributed by atoms with van der Waals surface area (Å²) in [6.07, 6.45) is 0. The number of aromatic nitrogens is 1. The van der Waals surface area contributed by atoms with E-state index < -0.39 is 11.6 Å². The highest BCUT2D eigenvalue weighted by Crippen LogP contribution is 2.22. The van der Waals surface area contributed by atoms with Crippen molar-refractivity contribution >= 4 is 21.9 Å².